The average molecular weight is 383 g/mol. The van der Waals surface area contributed by atoms with E-state index in [2.05, 4.69) is 6.92 Å². The average Bonchev–Trinajstić information content (AvgIpc) is 2.69. The van der Waals surface area contributed by atoms with Crippen LogP contribution in [0.4, 0.5) is 0 Å². The molecule has 0 saturated carbocycles. The number of carbonyl (C=O) groups excluding carboxylic acids is 2. The van der Waals surface area contributed by atoms with Gasteiger partial charge in [0, 0.05) is 6.42 Å². The number of carbonyl (C=O) groups is 2. The molecule has 0 radical (unpaired) electrons. The fraction of sp³-hybridized carbons (Fsp3) is 0.417. The number of benzene rings is 2. The SMILES string of the molecule is CCCCCc1ccc(OC(=O)c2ccc(OC(=O)CC(C)CC)cc2)cc1. The molecule has 0 N–H and O–H groups in total. The van der Waals surface area contributed by atoms with Gasteiger partial charge in [0.05, 0.1) is 5.56 Å². The van der Waals surface area contributed by atoms with E-state index in [0.29, 0.717) is 29.4 Å². The molecule has 0 bridgehead atoms. The Morgan fingerprint density at radius 1 is 0.857 bits per heavy atom. The van der Waals surface area contributed by atoms with Gasteiger partial charge < -0.3 is 9.47 Å². The van der Waals surface area contributed by atoms with Crippen LogP contribution in [0.3, 0.4) is 0 Å². The molecule has 0 saturated heterocycles. The number of esters is 2. The van der Waals surface area contributed by atoms with Crippen molar-refractivity contribution in [1.82, 2.24) is 0 Å². The van der Waals surface area contributed by atoms with Crippen LogP contribution < -0.4 is 9.47 Å². The van der Waals surface area contributed by atoms with Crippen LogP contribution in [-0.4, -0.2) is 11.9 Å². The van der Waals surface area contributed by atoms with Gasteiger partial charge in [-0.3, -0.25) is 4.79 Å². The van der Waals surface area contributed by atoms with E-state index in [9.17, 15) is 9.59 Å². The summed E-state index contributed by atoms with van der Waals surface area (Å²) in [7, 11) is 0. The van der Waals surface area contributed by atoms with Crippen LogP contribution in [0, 0.1) is 5.92 Å². The van der Waals surface area contributed by atoms with Gasteiger partial charge in [0.25, 0.3) is 0 Å². The van der Waals surface area contributed by atoms with Gasteiger partial charge in [-0.05, 0) is 60.7 Å². The van der Waals surface area contributed by atoms with Crippen molar-refractivity contribution in [3.63, 3.8) is 0 Å². The minimum absolute atomic E-state index is 0.260. The first kappa shape index (κ1) is 21.7. The molecule has 0 heterocycles. The Hall–Kier alpha value is -2.62. The van der Waals surface area contributed by atoms with Crippen LogP contribution in [0.5, 0.6) is 11.5 Å². The predicted molar refractivity (Wildman–Crippen MR) is 111 cm³/mol. The molecule has 2 rings (SSSR count). The standard InChI is InChI=1S/C24H30O4/c1-4-6-7-8-19-9-13-22(14-10-19)28-24(26)20-11-15-21(16-12-20)27-23(25)17-18(3)5-2/h9-16,18H,4-8,17H2,1-3H3. The summed E-state index contributed by atoms with van der Waals surface area (Å²) in [4.78, 5) is 24.1. The highest BCUT2D eigenvalue weighted by Gasteiger charge is 2.12. The third-order valence-corrected chi connectivity index (χ3v) is 4.74. The maximum Gasteiger partial charge on any atom is 0.343 e. The van der Waals surface area contributed by atoms with Crippen molar-refractivity contribution in [2.24, 2.45) is 5.92 Å². The summed E-state index contributed by atoms with van der Waals surface area (Å²) in [5, 5.41) is 0. The Morgan fingerprint density at radius 2 is 1.46 bits per heavy atom. The van der Waals surface area contributed by atoms with Crippen molar-refractivity contribution in [3.8, 4) is 11.5 Å². The van der Waals surface area contributed by atoms with Gasteiger partial charge in [0.1, 0.15) is 11.5 Å². The Labute approximate surface area is 167 Å². The first-order valence-electron chi connectivity index (χ1n) is 10.1. The molecule has 0 fully saturated rings. The van der Waals surface area contributed by atoms with Crippen LogP contribution >= 0.6 is 0 Å². The molecule has 0 amide bonds. The summed E-state index contributed by atoms with van der Waals surface area (Å²) < 4.78 is 10.7. The van der Waals surface area contributed by atoms with Crippen LogP contribution in [-0.2, 0) is 11.2 Å². The fourth-order valence-corrected chi connectivity index (χ4v) is 2.73. The van der Waals surface area contributed by atoms with Crippen molar-refractivity contribution in [1.29, 1.82) is 0 Å². The van der Waals surface area contributed by atoms with Crippen LogP contribution in [0.1, 0.15) is 68.8 Å². The lowest BCUT2D eigenvalue weighted by molar-refractivity contribution is -0.135. The normalized spacial score (nSPS) is 11.7. The van der Waals surface area contributed by atoms with E-state index in [1.807, 2.05) is 38.1 Å². The molecule has 4 heteroatoms. The lowest BCUT2D eigenvalue weighted by atomic mass is 10.1. The summed E-state index contributed by atoms with van der Waals surface area (Å²) in [5.41, 5.74) is 1.66. The lowest BCUT2D eigenvalue weighted by Crippen LogP contribution is -2.12. The third kappa shape index (κ3) is 7.18. The fourth-order valence-electron chi connectivity index (χ4n) is 2.73. The van der Waals surface area contributed by atoms with E-state index in [1.54, 1.807) is 24.3 Å². The first-order valence-corrected chi connectivity index (χ1v) is 10.1. The van der Waals surface area contributed by atoms with E-state index in [4.69, 9.17) is 9.47 Å². The predicted octanol–water partition coefficient (Wildman–Crippen LogP) is 5.98. The van der Waals surface area contributed by atoms with Gasteiger partial charge in [-0.15, -0.1) is 0 Å². The molecule has 1 unspecified atom stereocenters. The third-order valence-electron chi connectivity index (χ3n) is 4.74. The number of ether oxygens (including phenoxy) is 2. The van der Waals surface area contributed by atoms with Gasteiger partial charge in [0.2, 0.25) is 0 Å². The van der Waals surface area contributed by atoms with Crippen LogP contribution in [0.15, 0.2) is 48.5 Å². The maximum absolute atomic E-state index is 12.3. The molecule has 0 aliphatic heterocycles. The molecule has 4 nitrogen and oxygen atoms in total. The minimum atomic E-state index is -0.434. The Balaban J connectivity index is 1.87. The molecule has 1 atom stereocenters. The number of aryl methyl sites for hydroxylation is 1. The van der Waals surface area contributed by atoms with E-state index in [0.717, 1.165) is 12.8 Å². The van der Waals surface area contributed by atoms with Gasteiger partial charge in [-0.1, -0.05) is 52.2 Å². The molecule has 0 aromatic heterocycles. The number of hydrogen-bond donors (Lipinski definition) is 0. The van der Waals surface area contributed by atoms with Crippen molar-refractivity contribution < 1.29 is 19.1 Å². The monoisotopic (exact) mass is 382 g/mol. The van der Waals surface area contributed by atoms with Crippen molar-refractivity contribution in [2.75, 3.05) is 0 Å². The topological polar surface area (TPSA) is 52.6 Å². The second-order valence-electron chi connectivity index (χ2n) is 7.21. The zero-order chi connectivity index (χ0) is 20.4. The highest BCUT2D eigenvalue weighted by Crippen LogP contribution is 2.18. The van der Waals surface area contributed by atoms with Gasteiger partial charge in [-0.25, -0.2) is 4.79 Å². The summed E-state index contributed by atoms with van der Waals surface area (Å²) in [6.45, 7) is 6.24. The highest BCUT2D eigenvalue weighted by atomic mass is 16.5. The maximum atomic E-state index is 12.3. The minimum Gasteiger partial charge on any atom is -0.427 e. The van der Waals surface area contributed by atoms with Crippen molar-refractivity contribution >= 4 is 11.9 Å². The van der Waals surface area contributed by atoms with Gasteiger partial charge in [0.15, 0.2) is 0 Å². The second kappa shape index (κ2) is 11.3. The summed E-state index contributed by atoms with van der Waals surface area (Å²) in [5.74, 6) is 0.550. The molecule has 28 heavy (non-hydrogen) atoms. The molecule has 2 aromatic carbocycles. The van der Waals surface area contributed by atoms with Gasteiger partial charge in [-0.2, -0.15) is 0 Å². The van der Waals surface area contributed by atoms with Crippen LogP contribution in [0.25, 0.3) is 0 Å². The zero-order valence-electron chi connectivity index (χ0n) is 17.1. The molecular formula is C24H30O4. The molecule has 0 aliphatic carbocycles. The summed E-state index contributed by atoms with van der Waals surface area (Å²) in [6, 6.07) is 14.1. The van der Waals surface area contributed by atoms with Crippen molar-refractivity contribution in [2.45, 2.75) is 59.3 Å². The van der Waals surface area contributed by atoms with Crippen molar-refractivity contribution in [3.05, 3.63) is 59.7 Å². The van der Waals surface area contributed by atoms with E-state index >= 15 is 0 Å². The number of unbranched alkanes of at least 4 members (excludes halogenated alkanes) is 2. The highest BCUT2D eigenvalue weighted by molar-refractivity contribution is 5.91. The Bertz CT molecular complexity index is 747. The Morgan fingerprint density at radius 3 is 2.07 bits per heavy atom. The molecule has 0 aliphatic rings. The smallest absolute Gasteiger partial charge is 0.343 e. The summed E-state index contributed by atoms with van der Waals surface area (Å²) in [6.07, 6.45) is 5.95. The lowest BCUT2D eigenvalue weighted by Gasteiger charge is -2.09. The quantitative estimate of drug-likeness (QED) is 0.288. The Kier molecular flexibility index (Phi) is 8.73. The van der Waals surface area contributed by atoms with Gasteiger partial charge >= 0.3 is 11.9 Å². The molecule has 0 spiro atoms. The van der Waals surface area contributed by atoms with Crippen LogP contribution in [0.2, 0.25) is 0 Å². The second-order valence-corrected chi connectivity index (χ2v) is 7.21. The largest absolute Gasteiger partial charge is 0.427 e. The number of hydrogen-bond acceptors (Lipinski definition) is 4. The first-order chi connectivity index (χ1) is 13.5. The molecule has 150 valence electrons. The number of rotatable bonds is 10. The van der Waals surface area contributed by atoms with E-state index in [-0.39, 0.29) is 5.97 Å². The van der Waals surface area contributed by atoms with E-state index < -0.39 is 5.97 Å². The summed E-state index contributed by atoms with van der Waals surface area (Å²) >= 11 is 0. The molecule has 2 aromatic rings. The molecular weight excluding hydrogens is 352 g/mol. The van der Waals surface area contributed by atoms with E-state index in [1.165, 1.54) is 24.8 Å². The zero-order valence-corrected chi connectivity index (χ0v) is 17.1.